The highest BCUT2D eigenvalue weighted by atomic mass is 32.2. The van der Waals surface area contributed by atoms with E-state index in [1.165, 1.54) is 0 Å². The number of fused-ring (bicyclic) bond motifs is 1. The summed E-state index contributed by atoms with van der Waals surface area (Å²) >= 11 is 1.58. The van der Waals surface area contributed by atoms with Crippen LogP contribution in [0.1, 0.15) is 12.5 Å². The predicted octanol–water partition coefficient (Wildman–Crippen LogP) is 1.35. The summed E-state index contributed by atoms with van der Waals surface area (Å²) in [6, 6.07) is 6.26. The summed E-state index contributed by atoms with van der Waals surface area (Å²) < 4.78 is 5.35. The monoisotopic (exact) mass is 264 g/mol. The molecule has 1 saturated heterocycles. The van der Waals surface area contributed by atoms with Gasteiger partial charge in [0.2, 0.25) is 5.91 Å². The molecule has 18 heavy (non-hydrogen) atoms. The van der Waals surface area contributed by atoms with E-state index in [1.807, 2.05) is 13.0 Å². The van der Waals surface area contributed by atoms with Gasteiger partial charge in [-0.3, -0.25) is 4.79 Å². The number of ether oxygens (including phenoxy) is 1. The van der Waals surface area contributed by atoms with Crippen molar-refractivity contribution in [3.63, 3.8) is 0 Å². The van der Waals surface area contributed by atoms with E-state index in [0.29, 0.717) is 19.0 Å². The summed E-state index contributed by atoms with van der Waals surface area (Å²) in [5.41, 5.74) is 8.06. The van der Waals surface area contributed by atoms with Gasteiger partial charge in [-0.1, -0.05) is 6.07 Å². The molecule has 3 N–H and O–H groups in total. The fourth-order valence-corrected chi connectivity index (χ4v) is 3.20. The van der Waals surface area contributed by atoms with E-state index < -0.39 is 0 Å². The van der Waals surface area contributed by atoms with Crippen molar-refractivity contribution in [1.29, 1.82) is 0 Å². The molecule has 3 rings (SSSR count). The standard InChI is InChI=1S/C13H16N2O2S/c1-8(14)13(6-17-7-13)9-2-3-11-10(4-9)15-12(16)5-18-11/h2-4,8H,5-7,14H2,1H3,(H,15,16). The Bertz CT molecular complexity index is 498. The number of amides is 1. The lowest BCUT2D eigenvalue weighted by atomic mass is 9.73. The van der Waals surface area contributed by atoms with Crippen LogP contribution in [0.25, 0.3) is 0 Å². The number of benzene rings is 1. The molecule has 0 aromatic heterocycles. The largest absolute Gasteiger partial charge is 0.379 e. The van der Waals surface area contributed by atoms with Crippen molar-refractivity contribution >= 4 is 23.4 Å². The van der Waals surface area contributed by atoms with E-state index in [1.54, 1.807) is 11.8 Å². The normalized spacial score (nSPS) is 22.7. The number of nitrogens with two attached hydrogens (primary N) is 1. The van der Waals surface area contributed by atoms with Crippen molar-refractivity contribution in [3.8, 4) is 0 Å². The SMILES string of the molecule is CC(N)C1(c2ccc3c(c2)NC(=O)CS3)COC1. The Morgan fingerprint density at radius 3 is 2.89 bits per heavy atom. The Hall–Kier alpha value is -1.04. The van der Waals surface area contributed by atoms with Crippen LogP contribution in [-0.2, 0) is 14.9 Å². The highest BCUT2D eigenvalue weighted by Gasteiger charge is 2.44. The summed E-state index contributed by atoms with van der Waals surface area (Å²) in [6.07, 6.45) is 0. The first kappa shape index (κ1) is 12.0. The van der Waals surface area contributed by atoms with E-state index in [9.17, 15) is 4.79 Å². The van der Waals surface area contributed by atoms with Crippen LogP contribution in [0.5, 0.6) is 0 Å². The molecule has 1 atom stereocenters. The Kier molecular flexibility index (Phi) is 2.84. The molecule has 2 aliphatic rings. The zero-order valence-corrected chi connectivity index (χ0v) is 11.0. The van der Waals surface area contributed by atoms with E-state index in [0.717, 1.165) is 16.1 Å². The second-order valence-corrected chi connectivity index (χ2v) is 6.00. The van der Waals surface area contributed by atoms with E-state index in [2.05, 4.69) is 17.4 Å². The molecule has 1 fully saturated rings. The summed E-state index contributed by atoms with van der Waals surface area (Å²) in [4.78, 5) is 12.5. The van der Waals surface area contributed by atoms with Crippen LogP contribution in [0.2, 0.25) is 0 Å². The first-order valence-corrected chi connectivity index (χ1v) is 7.01. The lowest BCUT2D eigenvalue weighted by Gasteiger charge is -2.45. The molecule has 2 aliphatic heterocycles. The van der Waals surface area contributed by atoms with Crippen LogP contribution in [0.15, 0.2) is 23.1 Å². The highest BCUT2D eigenvalue weighted by Crippen LogP contribution is 2.39. The number of carbonyl (C=O) groups excluding carboxylic acids is 1. The zero-order valence-electron chi connectivity index (χ0n) is 10.2. The molecule has 96 valence electrons. The van der Waals surface area contributed by atoms with E-state index in [4.69, 9.17) is 10.5 Å². The van der Waals surface area contributed by atoms with Crippen molar-refractivity contribution < 1.29 is 9.53 Å². The molecule has 1 aromatic rings. The Balaban J connectivity index is 1.99. The third-order valence-corrected chi connectivity index (χ3v) is 4.85. The average molecular weight is 264 g/mol. The van der Waals surface area contributed by atoms with Gasteiger partial charge in [0.15, 0.2) is 0 Å². The van der Waals surface area contributed by atoms with E-state index >= 15 is 0 Å². The zero-order chi connectivity index (χ0) is 12.8. The molecule has 1 amide bonds. The summed E-state index contributed by atoms with van der Waals surface area (Å²) in [5.74, 6) is 0.554. The number of anilines is 1. The van der Waals surface area contributed by atoms with Gasteiger partial charge in [-0.25, -0.2) is 0 Å². The van der Waals surface area contributed by atoms with Crippen molar-refractivity contribution in [3.05, 3.63) is 23.8 Å². The summed E-state index contributed by atoms with van der Waals surface area (Å²) in [6.45, 7) is 3.32. The van der Waals surface area contributed by atoms with Gasteiger partial charge in [0, 0.05) is 10.9 Å². The van der Waals surface area contributed by atoms with Crippen LogP contribution in [0.3, 0.4) is 0 Å². The van der Waals surface area contributed by atoms with Crippen molar-refractivity contribution in [2.45, 2.75) is 23.3 Å². The first-order valence-electron chi connectivity index (χ1n) is 6.02. The van der Waals surface area contributed by atoms with Crippen LogP contribution in [0, 0.1) is 0 Å². The maximum Gasteiger partial charge on any atom is 0.234 e. The molecule has 5 heteroatoms. The quantitative estimate of drug-likeness (QED) is 0.846. The van der Waals surface area contributed by atoms with Crippen molar-refractivity contribution in [1.82, 2.24) is 0 Å². The summed E-state index contributed by atoms with van der Waals surface area (Å²) in [7, 11) is 0. The Morgan fingerprint density at radius 2 is 2.28 bits per heavy atom. The van der Waals surface area contributed by atoms with Crippen LogP contribution in [-0.4, -0.2) is 30.9 Å². The van der Waals surface area contributed by atoms with Crippen LogP contribution in [0.4, 0.5) is 5.69 Å². The van der Waals surface area contributed by atoms with Gasteiger partial charge in [0.25, 0.3) is 0 Å². The number of hydrogen-bond donors (Lipinski definition) is 2. The molecule has 0 aliphatic carbocycles. The molecule has 4 nitrogen and oxygen atoms in total. The lowest BCUT2D eigenvalue weighted by molar-refractivity contribution is -0.113. The third kappa shape index (κ3) is 1.74. The Morgan fingerprint density at radius 1 is 1.50 bits per heavy atom. The number of hydrogen-bond acceptors (Lipinski definition) is 4. The minimum Gasteiger partial charge on any atom is -0.379 e. The second-order valence-electron chi connectivity index (χ2n) is 4.99. The number of thioether (sulfide) groups is 1. The molecule has 0 bridgehead atoms. The number of rotatable bonds is 2. The molecule has 0 radical (unpaired) electrons. The van der Waals surface area contributed by atoms with Gasteiger partial charge in [-0.2, -0.15) is 0 Å². The van der Waals surface area contributed by atoms with Gasteiger partial charge in [-0.05, 0) is 24.6 Å². The third-order valence-electron chi connectivity index (χ3n) is 3.78. The smallest absolute Gasteiger partial charge is 0.234 e. The van der Waals surface area contributed by atoms with Gasteiger partial charge >= 0.3 is 0 Å². The fourth-order valence-electron chi connectivity index (χ4n) is 2.41. The minimum atomic E-state index is -0.0954. The van der Waals surface area contributed by atoms with Gasteiger partial charge in [0.05, 0.1) is 30.1 Å². The first-order chi connectivity index (χ1) is 8.62. The second kappa shape index (κ2) is 4.26. The van der Waals surface area contributed by atoms with Crippen LogP contribution >= 0.6 is 11.8 Å². The molecule has 0 saturated carbocycles. The minimum absolute atomic E-state index is 0.0382. The molecule has 0 spiro atoms. The molecule has 1 unspecified atom stereocenters. The molecule has 2 heterocycles. The van der Waals surface area contributed by atoms with Gasteiger partial charge < -0.3 is 15.8 Å². The van der Waals surface area contributed by atoms with Crippen molar-refractivity contribution in [2.24, 2.45) is 5.73 Å². The predicted molar refractivity (Wildman–Crippen MR) is 71.9 cm³/mol. The summed E-state index contributed by atoms with van der Waals surface area (Å²) in [5, 5.41) is 2.92. The van der Waals surface area contributed by atoms with Crippen LogP contribution < -0.4 is 11.1 Å². The topological polar surface area (TPSA) is 64.3 Å². The average Bonchev–Trinajstić information content (AvgIpc) is 2.26. The van der Waals surface area contributed by atoms with E-state index in [-0.39, 0.29) is 17.4 Å². The van der Waals surface area contributed by atoms with Crippen molar-refractivity contribution in [2.75, 3.05) is 24.3 Å². The molecular formula is C13H16N2O2S. The number of carbonyl (C=O) groups is 1. The van der Waals surface area contributed by atoms with Gasteiger partial charge in [-0.15, -0.1) is 11.8 Å². The lowest BCUT2D eigenvalue weighted by Crippen LogP contribution is -2.57. The molecular weight excluding hydrogens is 248 g/mol. The molecule has 1 aromatic carbocycles. The highest BCUT2D eigenvalue weighted by molar-refractivity contribution is 8.00. The number of nitrogens with one attached hydrogen (secondary N) is 1. The maximum atomic E-state index is 11.4. The maximum absolute atomic E-state index is 11.4. The fraction of sp³-hybridized carbons (Fsp3) is 0.462. The Labute approximate surface area is 110 Å². The van der Waals surface area contributed by atoms with Gasteiger partial charge in [0.1, 0.15) is 0 Å².